The Morgan fingerprint density at radius 1 is 1.15 bits per heavy atom. The standard InChI is InChI=1S/C21H26Cl2N6O3S/c1-4-32-21(31)28-9-7-27(8-10-28)19(30)14(3)29-12-18(13(2)26-29)25-20(33)24-17-11-15(22)5-6-16(17)23/h5-6,11-12,14H,4,7-10H2,1-3H3,(H2,24,25,33). The van der Waals surface area contributed by atoms with Crippen molar-refractivity contribution in [3.63, 3.8) is 0 Å². The zero-order valence-corrected chi connectivity index (χ0v) is 20.9. The van der Waals surface area contributed by atoms with Crippen LogP contribution in [0.5, 0.6) is 0 Å². The zero-order chi connectivity index (χ0) is 24.1. The van der Waals surface area contributed by atoms with E-state index in [0.717, 1.165) is 0 Å². The smallest absolute Gasteiger partial charge is 0.409 e. The number of carbonyl (C=O) groups excluding carboxylic acids is 2. The second-order valence-electron chi connectivity index (χ2n) is 7.50. The predicted molar refractivity (Wildman–Crippen MR) is 133 cm³/mol. The van der Waals surface area contributed by atoms with E-state index in [1.165, 1.54) is 0 Å². The topological polar surface area (TPSA) is 91.7 Å². The molecule has 0 spiro atoms. The lowest BCUT2D eigenvalue weighted by Gasteiger charge is -2.35. The average molecular weight is 513 g/mol. The van der Waals surface area contributed by atoms with Gasteiger partial charge in [-0.15, -0.1) is 0 Å². The highest BCUT2D eigenvalue weighted by molar-refractivity contribution is 7.80. The minimum Gasteiger partial charge on any atom is -0.450 e. The van der Waals surface area contributed by atoms with Crippen LogP contribution in [-0.4, -0.2) is 69.5 Å². The summed E-state index contributed by atoms with van der Waals surface area (Å²) in [4.78, 5) is 28.2. The third kappa shape index (κ3) is 6.27. The van der Waals surface area contributed by atoms with Gasteiger partial charge in [-0.25, -0.2) is 4.79 Å². The number of halogens is 2. The van der Waals surface area contributed by atoms with Gasteiger partial charge in [0.2, 0.25) is 5.91 Å². The maximum Gasteiger partial charge on any atom is 0.409 e. The normalized spacial score (nSPS) is 14.6. The molecule has 1 aliphatic heterocycles. The molecule has 2 amide bonds. The second kappa shape index (κ2) is 11.0. The van der Waals surface area contributed by atoms with Crippen LogP contribution in [-0.2, 0) is 9.53 Å². The molecule has 1 saturated heterocycles. The molecule has 178 valence electrons. The summed E-state index contributed by atoms with van der Waals surface area (Å²) in [6.07, 6.45) is 1.39. The number of ether oxygens (including phenoxy) is 1. The number of nitrogens with zero attached hydrogens (tertiary/aromatic N) is 4. The predicted octanol–water partition coefficient (Wildman–Crippen LogP) is 4.17. The number of aromatic nitrogens is 2. The fourth-order valence-corrected chi connectivity index (χ4v) is 3.93. The first-order valence-corrected chi connectivity index (χ1v) is 11.6. The number of rotatable bonds is 5. The van der Waals surface area contributed by atoms with Crippen molar-refractivity contribution in [1.29, 1.82) is 0 Å². The van der Waals surface area contributed by atoms with Crippen LogP contribution in [0.1, 0.15) is 25.6 Å². The summed E-state index contributed by atoms with van der Waals surface area (Å²) in [5.41, 5.74) is 1.93. The summed E-state index contributed by atoms with van der Waals surface area (Å²) in [5.74, 6) is -0.0704. The van der Waals surface area contributed by atoms with Gasteiger partial charge in [-0.05, 0) is 51.2 Å². The van der Waals surface area contributed by atoms with Gasteiger partial charge in [-0.1, -0.05) is 23.2 Å². The molecule has 2 heterocycles. The van der Waals surface area contributed by atoms with Crippen LogP contribution in [0.2, 0.25) is 10.0 Å². The summed E-state index contributed by atoms with van der Waals surface area (Å²) < 4.78 is 6.63. The Labute approximate surface area is 207 Å². The summed E-state index contributed by atoms with van der Waals surface area (Å²) in [5, 5.41) is 11.9. The Bertz CT molecular complexity index is 1040. The maximum absolute atomic E-state index is 13.0. The van der Waals surface area contributed by atoms with Crippen molar-refractivity contribution in [1.82, 2.24) is 19.6 Å². The molecule has 9 nitrogen and oxygen atoms in total. The van der Waals surface area contributed by atoms with E-state index in [0.29, 0.717) is 65.0 Å². The number of thiocarbonyl (C=S) groups is 1. The van der Waals surface area contributed by atoms with Crippen molar-refractivity contribution in [3.05, 3.63) is 40.1 Å². The van der Waals surface area contributed by atoms with Crippen molar-refractivity contribution in [2.75, 3.05) is 43.4 Å². The van der Waals surface area contributed by atoms with Crippen LogP contribution in [0.25, 0.3) is 0 Å². The maximum atomic E-state index is 13.0. The highest BCUT2D eigenvalue weighted by Gasteiger charge is 2.29. The molecule has 1 atom stereocenters. The Hall–Kier alpha value is -2.56. The lowest BCUT2D eigenvalue weighted by atomic mass is 10.2. The molecule has 1 aromatic heterocycles. The van der Waals surface area contributed by atoms with E-state index >= 15 is 0 Å². The number of hydrogen-bond donors (Lipinski definition) is 2. The number of benzene rings is 1. The van der Waals surface area contributed by atoms with Crippen LogP contribution in [0, 0.1) is 6.92 Å². The Kier molecular flexibility index (Phi) is 8.39. The Morgan fingerprint density at radius 2 is 1.79 bits per heavy atom. The van der Waals surface area contributed by atoms with Crippen LogP contribution in [0.4, 0.5) is 16.2 Å². The number of anilines is 2. The second-order valence-corrected chi connectivity index (χ2v) is 8.75. The lowest BCUT2D eigenvalue weighted by molar-refractivity contribution is -0.136. The van der Waals surface area contributed by atoms with E-state index in [1.807, 2.05) is 6.92 Å². The van der Waals surface area contributed by atoms with E-state index in [1.54, 1.807) is 52.7 Å². The SMILES string of the molecule is CCOC(=O)N1CCN(C(=O)C(C)n2cc(NC(=S)Nc3cc(Cl)ccc3Cl)c(C)n2)CC1. The Balaban J connectivity index is 1.60. The highest BCUT2D eigenvalue weighted by Crippen LogP contribution is 2.26. The third-order valence-electron chi connectivity index (χ3n) is 5.21. The van der Waals surface area contributed by atoms with Gasteiger partial charge in [0.25, 0.3) is 0 Å². The summed E-state index contributed by atoms with van der Waals surface area (Å²) in [6, 6.07) is 4.53. The van der Waals surface area contributed by atoms with Gasteiger partial charge >= 0.3 is 6.09 Å². The van der Waals surface area contributed by atoms with Crippen molar-refractivity contribution < 1.29 is 14.3 Å². The number of piperazine rings is 1. The molecular weight excluding hydrogens is 487 g/mol. The molecule has 0 aliphatic carbocycles. The fourth-order valence-electron chi connectivity index (χ4n) is 3.37. The van der Waals surface area contributed by atoms with Gasteiger partial charge in [-0.3, -0.25) is 9.48 Å². The van der Waals surface area contributed by atoms with Gasteiger partial charge in [-0.2, -0.15) is 5.10 Å². The molecule has 33 heavy (non-hydrogen) atoms. The quantitative estimate of drug-likeness (QED) is 0.580. The molecule has 2 aromatic rings. The van der Waals surface area contributed by atoms with Crippen LogP contribution < -0.4 is 10.6 Å². The minimum atomic E-state index is -0.516. The van der Waals surface area contributed by atoms with Crippen molar-refractivity contribution in [2.24, 2.45) is 0 Å². The van der Waals surface area contributed by atoms with Crippen LogP contribution >= 0.6 is 35.4 Å². The van der Waals surface area contributed by atoms with Crippen molar-refractivity contribution in [3.8, 4) is 0 Å². The van der Waals surface area contributed by atoms with Crippen LogP contribution in [0.15, 0.2) is 24.4 Å². The van der Waals surface area contributed by atoms with E-state index in [4.69, 9.17) is 40.2 Å². The van der Waals surface area contributed by atoms with Gasteiger partial charge in [0.05, 0.1) is 28.7 Å². The van der Waals surface area contributed by atoms with E-state index in [9.17, 15) is 9.59 Å². The molecule has 0 radical (unpaired) electrons. The minimum absolute atomic E-state index is 0.0704. The molecule has 1 aliphatic rings. The first-order valence-electron chi connectivity index (χ1n) is 10.5. The van der Waals surface area contributed by atoms with E-state index in [2.05, 4.69) is 15.7 Å². The number of aryl methyl sites for hydroxylation is 1. The van der Waals surface area contributed by atoms with E-state index in [-0.39, 0.29) is 12.0 Å². The van der Waals surface area contributed by atoms with Gasteiger partial charge < -0.3 is 25.2 Å². The molecule has 1 aromatic carbocycles. The van der Waals surface area contributed by atoms with Gasteiger partial charge in [0.1, 0.15) is 6.04 Å². The highest BCUT2D eigenvalue weighted by atomic mass is 35.5. The number of amides is 2. The molecule has 0 saturated carbocycles. The molecule has 1 fully saturated rings. The molecule has 12 heteroatoms. The van der Waals surface area contributed by atoms with E-state index < -0.39 is 6.04 Å². The third-order valence-corrected chi connectivity index (χ3v) is 5.98. The van der Waals surface area contributed by atoms with Gasteiger partial charge in [0, 0.05) is 37.4 Å². The number of nitrogens with one attached hydrogen (secondary N) is 2. The monoisotopic (exact) mass is 512 g/mol. The first kappa shape index (κ1) is 25.1. The number of hydrogen-bond acceptors (Lipinski definition) is 5. The Morgan fingerprint density at radius 3 is 2.45 bits per heavy atom. The first-order chi connectivity index (χ1) is 15.7. The summed E-state index contributed by atoms with van der Waals surface area (Å²) in [7, 11) is 0. The van der Waals surface area contributed by atoms with Crippen molar-refractivity contribution in [2.45, 2.75) is 26.8 Å². The average Bonchev–Trinajstić information content (AvgIpc) is 3.15. The molecular formula is C21H26Cl2N6O3S. The zero-order valence-electron chi connectivity index (χ0n) is 18.6. The molecule has 1 unspecified atom stereocenters. The summed E-state index contributed by atoms with van der Waals surface area (Å²) >= 11 is 17.6. The summed E-state index contributed by atoms with van der Waals surface area (Å²) in [6.45, 7) is 7.48. The number of carbonyl (C=O) groups is 2. The molecule has 2 N–H and O–H groups in total. The lowest BCUT2D eigenvalue weighted by Crippen LogP contribution is -2.52. The van der Waals surface area contributed by atoms with Gasteiger partial charge in [0.15, 0.2) is 5.11 Å². The van der Waals surface area contributed by atoms with Crippen molar-refractivity contribution >= 4 is 63.9 Å². The molecule has 0 bridgehead atoms. The molecule has 3 rings (SSSR count). The largest absolute Gasteiger partial charge is 0.450 e. The fraction of sp³-hybridized carbons (Fsp3) is 0.429. The van der Waals surface area contributed by atoms with Crippen LogP contribution in [0.3, 0.4) is 0 Å².